The second-order valence-corrected chi connectivity index (χ2v) is 6.05. The lowest BCUT2D eigenvalue weighted by Crippen LogP contribution is -2.13. The van der Waals surface area contributed by atoms with E-state index in [2.05, 4.69) is 32.7 Å². The normalized spacial score (nSPS) is 13.8. The first-order valence-corrected chi connectivity index (χ1v) is 5.91. The summed E-state index contributed by atoms with van der Waals surface area (Å²) in [5.74, 6) is 0.451. The zero-order chi connectivity index (χ0) is 12.3. The smallest absolute Gasteiger partial charge is 0.267 e. The van der Waals surface area contributed by atoms with E-state index in [0.29, 0.717) is 11.3 Å². The van der Waals surface area contributed by atoms with Gasteiger partial charge in [-0.3, -0.25) is 5.11 Å². The fraction of sp³-hybridized carbons (Fsp3) is 0.643. The van der Waals surface area contributed by atoms with Gasteiger partial charge in [0, 0.05) is 11.8 Å². The van der Waals surface area contributed by atoms with Gasteiger partial charge in [0.25, 0.3) is 5.88 Å². The van der Waals surface area contributed by atoms with E-state index in [1.165, 1.54) is 0 Å². The van der Waals surface area contributed by atoms with Crippen molar-refractivity contribution in [1.29, 1.82) is 0 Å². The van der Waals surface area contributed by atoms with Crippen LogP contribution in [0.3, 0.4) is 0 Å². The monoisotopic (exact) mass is 220 g/mol. The molecule has 2 heteroatoms. The van der Waals surface area contributed by atoms with Gasteiger partial charge >= 0.3 is 0 Å². The van der Waals surface area contributed by atoms with Crippen LogP contribution in [-0.2, 0) is 11.5 Å². The van der Waals surface area contributed by atoms with Crippen LogP contribution in [0.2, 0.25) is 0 Å². The van der Waals surface area contributed by atoms with Crippen molar-refractivity contribution in [3.05, 3.63) is 23.4 Å². The van der Waals surface area contributed by atoms with Crippen LogP contribution in [0.15, 0.2) is 12.1 Å². The Kier molecular flexibility index (Phi) is 3.95. The molecule has 1 aromatic heterocycles. The number of hydrogen-bond acceptors (Lipinski definition) is 1. The van der Waals surface area contributed by atoms with Crippen molar-refractivity contribution in [2.45, 2.75) is 47.5 Å². The fourth-order valence-electron chi connectivity index (χ4n) is 2.28. The third-order valence-electron chi connectivity index (χ3n) is 2.52. The highest BCUT2D eigenvalue weighted by atomic mass is 16.3. The topological polar surface area (TPSA) is 32.8 Å². The summed E-state index contributed by atoms with van der Waals surface area (Å²) in [5, 5.41) is 11.3. The average Bonchev–Trinajstić information content (AvgIpc) is 1.96. The molecule has 1 atom stereocenters. The number of nitrogens with zero attached hydrogens (tertiary/aromatic N) is 1. The molecule has 0 amide bonds. The second-order valence-electron chi connectivity index (χ2n) is 6.05. The van der Waals surface area contributed by atoms with E-state index in [1.54, 1.807) is 6.07 Å². The van der Waals surface area contributed by atoms with Crippen molar-refractivity contribution < 1.29 is 5.11 Å². The van der Waals surface area contributed by atoms with Gasteiger partial charge in [-0.25, -0.2) is 4.98 Å². The molecule has 0 N–H and O–H groups in total. The Morgan fingerprint density at radius 3 is 2.44 bits per heavy atom. The van der Waals surface area contributed by atoms with Crippen LogP contribution in [0, 0.1) is 18.3 Å². The van der Waals surface area contributed by atoms with Gasteiger partial charge in [-0.15, -0.1) is 0 Å². The Labute approximate surface area is 98.7 Å². The minimum Gasteiger partial charge on any atom is -0.267 e. The van der Waals surface area contributed by atoms with Crippen molar-refractivity contribution in [3.8, 4) is 5.88 Å². The van der Waals surface area contributed by atoms with E-state index < -0.39 is 0 Å². The summed E-state index contributed by atoms with van der Waals surface area (Å²) in [6.07, 6.45) is 2.05. The molecule has 0 spiro atoms. The Hall–Kier alpha value is -1.05. The first kappa shape index (κ1) is 13.0. The zero-order valence-corrected chi connectivity index (χ0v) is 11.0. The SMILES string of the molecule is Cc1cc([O])nc(CC(C)CC(C)(C)C)c1. The van der Waals surface area contributed by atoms with E-state index >= 15 is 0 Å². The van der Waals surface area contributed by atoms with Crippen molar-refractivity contribution in [2.75, 3.05) is 0 Å². The molecule has 89 valence electrons. The molecule has 0 fully saturated rings. The van der Waals surface area contributed by atoms with Crippen molar-refractivity contribution in [3.63, 3.8) is 0 Å². The number of hydrogen-bond donors (Lipinski definition) is 0. The summed E-state index contributed by atoms with van der Waals surface area (Å²) >= 11 is 0. The van der Waals surface area contributed by atoms with Crippen LogP contribution in [0.1, 0.15) is 45.4 Å². The zero-order valence-electron chi connectivity index (χ0n) is 11.0. The van der Waals surface area contributed by atoms with Crippen molar-refractivity contribution >= 4 is 0 Å². The first-order valence-electron chi connectivity index (χ1n) is 5.91. The van der Waals surface area contributed by atoms with E-state index in [0.717, 1.165) is 24.1 Å². The van der Waals surface area contributed by atoms with E-state index in [-0.39, 0.29) is 5.88 Å². The number of pyridine rings is 1. The van der Waals surface area contributed by atoms with Crippen LogP contribution >= 0.6 is 0 Å². The van der Waals surface area contributed by atoms with Crippen molar-refractivity contribution in [1.82, 2.24) is 4.98 Å². The molecule has 1 heterocycles. The lowest BCUT2D eigenvalue weighted by atomic mass is 9.83. The summed E-state index contributed by atoms with van der Waals surface area (Å²) in [6.45, 7) is 10.9. The molecule has 0 aliphatic heterocycles. The molecule has 0 saturated carbocycles. The Morgan fingerprint density at radius 2 is 1.94 bits per heavy atom. The van der Waals surface area contributed by atoms with Gasteiger partial charge in [0.15, 0.2) is 0 Å². The van der Waals surface area contributed by atoms with Gasteiger partial charge in [0.05, 0.1) is 0 Å². The molecule has 1 unspecified atom stereocenters. The molecule has 0 aliphatic carbocycles. The highest BCUT2D eigenvalue weighted by molar-refractivity contribution is 5.23. The van der Waals surface area contributed by atoms with E-state index in [9.17, 15) is 5.11 Å². The van der Waals surface area contributed by atoms with Gasteiger partial charge in [0.2, 0.25) is 0 Å². The van der Waals surface area contributed by atoms with Gasteiger partial charge in [-0.05, 0) is 42.7 Å². The Bertz CT molecular complexity index is 332. The lowest BCUT2D eigenvalue weighted by Gasteiger charge is -2.23. The molecular weight excluding hydrogens is 198 g/mol. The predicted octanol–water partition coefficient (Wildman–Crippen LogP) is 4.15. The molecule has 16 heavy (non-hydrogen) atoms. The minimum atomic E-state index is -0.113. The molecule has 1 aromatic rings. The average molecular weight is 220 g/mol. The second kappa shape index (κ2) is 4.86. The number of aromatic nitrogens is 1. The van der Waals surface area contributed by atoms with Crippen LogP contribution in [0.25, 0.3) is 0 Å². The third kappa shape index (κ3) is 4.65. The van der Waals surface area contributed by atoms with Crippen molar-refractivity contribution in [2.24, 2.45) is 11.3 Å². The lowest BCUT2D eigenvalue weighted by molar-refractivity contribution is 0.302. The highest BCUT2D eigenvalue weighted by Crippen LogP contribution is 2.26. The standard InChI is InChI=1S/C14H22NO/c1-10-6-12(15-13(16)8-10)7-11(2)9-14(3,4)5/h6,8,11H,7,9H2,1-5H3. The molecule has 1 rings (SSSR count). The summed E-state index contributed by atoms with van der Waals surface area (Å²) in [7, 11) is 0. The van der Waals surface area contributed by atoms with Crippen LogP contribution in [-0.4, -0.2) is 4.98 Å². The minimum absolute atomic E-state index is 0.113. The molecule has 0 aliphatic rings. The van der Waals surface area contributed by atoms with Gasteiger partial charge in [0.1, 0.15) is 0 Å². The number of rotatable bonds is 3. The molecule has 0 bridgehead atoms. The molecule has 0 saturated heterocycles. The first-order chi connectivity index (χ1) is 7.26. The van der Waals surface area contributed by atoms with Crippen LogP contribution in [0.5, 0.6) is 5.88 Å². The van der Waals surface area contributed by atoms with Gasteiger partial charge in [-0.2, -0.15) is 0 Å². The Morgan fingerprint density at radius 1 is 1.31 bits per heavy atom. The Balaban J connectivity index is 2.66. The maximum absolute atomic E-state index is 11.3. The summed E-state index contributed by atoms with van der Waals surface area (Å²) < 4.78 is 0. The maximum atomic E-state index is 11.3. The summed E-state index contributed by atoms with van der Waals surface area (Å²) in [4.78, 5) is 4.05. The third-order valence-corrected chi connectivity index (χ3v) is 2.52. The summed E-state index contributed by atoms with van der Waals surface area (Å²) in [5.41, 5.74) is 2.28. The number of aryl methyl sites for hydroxylation is 1. The predicted molar refractivity (Wildman–Crippen MR) is 66.0 cm³/mol. The van der Waals surface area contributed by atoms with E-state index in [1.807, 2.05) is 13.0 Å². The molecule has 1 radical (unpaired) electrons. The highest BCUT2D eigenvalue weighted by Gasteiger charge is 2.16. The van der Waals surface area contributed by atoms with E-state index in [4.69, 9.17) is 0 Å². The van der Waals surface area contributed by atoms with Crippen LogP contribution < -0.4 is 0 Å². The summed E-state index contributed by atoms with van der Waals surface area (Å²) in [6, 6.07) is 3.60. The van der Waals surface area contributed by atoms with Gasteiger partial charge in [-0.1, -0.05) is 27.7 Å². The van der Waals surface area contributed by atoms with Crippen LogP contribution in [0.4, 0.5) is 0 Å². The molecule has 0 aromatic carbocycles. The fourth-order valence-corrected chi connectivity index (χ4v) is 2.28. The van der Waals surface area contributed by atoms with Gasteiger partial charge < -0.3 is 0 Å². The molecule has 2 nitrogen and oxygen atoms in total. The quantitative estimate of drug-likeness (QED) is 0.753. The maximum Gasteiger partial charge on any atom is 0.270 e. The largest absolute Gasteiger partial charge is 0.270 e. The molecular formula is C14H22NO.